The minimum Gasteiger partial charge on any atom is -0.392 e. The molecule has 1 aromatic carbocycles. The van der Waals surface area contributed by atoms with Gasteiger partial charge in [0.1, 0.15) is 0 Å². The highest BCUT2D eigenvalue weighted by molar-refractivity contribution is 5.83. The minimum atomic E-state index is 0.101. The van der Waals surface area contributed by atoms with Crippen LogP contribution in [0.1, 0.15) is 24.1 Å². The number of hydrogen-bond acceptors (Lipinski definition) is 2. The Hall–Kier alpha value is -1.32. The zero-order valence-corrected chi connectivity index (χ0v) is 9.87. The van der Waals surface area contributed by atoms with Gasteiger partial charge in [-0.2, -0.15) is 0 Å². The smallest absolute Gasteiger partial charge is 0.0688 e. The standard InChI is InChI=1S/C14H18N2O/c17-9-11-2-1-3-14-13(11)6-12(16-14)8-15-7-10-4-5-10/h1-3,6,10,15-17H,4-5,7-9H2. The highest BCUT2D eigenvalue weighted by Gasteiger charge is 2.20. The topological polar surface area (TPSA) is 48.0 Å². The van der Waals surface area contributed by atoms with Crippen molar-refractivity contribution >= 4 is 10.9 Å². The van der Waals surface area contributed by atoms with Gasteiger partial charge in [-0.15, -0.1) is 0 Å². The monoisotopic (exact) mass is 230 g/mol. The first-order valence-corrected chi connectivity index (χ1v) is 6.28. The molecule has 1 aliphatic rings. The Bertz CT molecular complexity index is 514. The van der Waals surface area contributed by atoms with E-state index in [1.165, 1.54) is 18.5 Å². The summed E-state index contributed by atoms with van der Waals surface area (Å²) in [5.74, 6) is 0.910. The van der Waals surface area contributed by atoms with Crippen LogP contribution in [0.4, 0.5) is 0 Å². The lowest BCUT2D eigenvalue weighted by Crippen LogP contribution is -2.16. The van der Waals surface area contributed by atoms with Crippen LogP contribution in [0.5, 0.6) is 0 Å². The summed E-state index contributed by atoms with van der Waals surface area (Å²) in [7, 11) is 0. The van der Waals surface area contributed by atoms with Crippen LogP contribution in [0.25, 0.3) is 10.9 Å². The van der Waals surface area contributed by atoms with Crippen LogP contribution >= 0.6 is 0 Å². The molecule has 0 radical (unpaired) electrons. The lowest BCUT2D eigenvalue weighted by Gasteiger charge is -2.00. The molecule has 0 bridgehead atoms. The van der Waals surface area contributed by atoms with Crippen molar-refractivity contribution in [3.05, 3.63) is 35.5 Å². The van der Waals surface area contributed by atoms with E-state index in [9.17, 15) is 5.11 Å². The quantitative estimate of drug-likeness (QED) is 0.737. The second-order valence-electron chi connectivity index (χ2n) is 4.91. The first-order chi connectivity index (χ1) is 8.36. The summed E-state index contributed by atoms with van der Waals surface area (Å²) in [4.78, 5) is 3.39. The van der Waals surface area contributed by atoms with E-state index in [-0.39, 0.29) is 6.61 Å². The second kappa shape index (κ2) is 4.51. The number of aromatic amines is 1. The number of aliphatic hydroxyl groups excluding tert-OH is 1. The second-order valence-corrected chi connectivity index (χ2v) is 4.91. The average molecular weight is 230 g/mol. The third kappa shape index (κ3) is 2.35. The van der Waals surface area contributed by atoms with Gasteiger partial charge in [-0.3, -0.25) is 0 Å². The molecule has 17 heavy (non-hydrogen) atoms. The van der Waals surface area contributed by atoms with Gasteiger partial charge in [0.25, 0.3) is 0 Å². The van der Waals surface area contributed by atoms with Crippen LogP contribution in [0.2, 0.25) is 0 Å². The lowest BCUT2D eigenvalue weighted by molar-refractivity contribution is 0.283. The van der Waals surface area contributed by atoms with E-state index in [1.54, 1.807) is 0 Å². The van der Waals surface area contributed by atoms with Gasteiger partial charge in [-0.05, 0) is 43.0 Å². The van der Waals surface area contributed by atoms with Crippen molar-refractivity contribution in [1.29, 1.82) is 0 Å². The molecular weight excluding hydrogens is 212 g/mol. The molecule has 90 valence electrons. The molecule has 0 unspecified atom stereocenters. The van der Waals surface area contributed by atoms with E-state index in [4.69, 9.17) is 0 Å². The molecule has 1 aliphatic carbocycles. The molecule has 3 rings (SSSR count). The van der Waals surface area contributed by atoms with E-state index in [0.717, 1.165) is 35.5 Å². The summed E-state index contributed by atoms with van der Waals surface area (Å²) < 4.78 is 0. The largest absolute Gasteiger partial charge is 0.392 e. The first-order valence-electron chi connectivity index (χ1n) is 6.28. The van der Waals surface area contributed by atoms with Crippen LogP contribution in [0.3, 0.4) is 0 Å². The molecule has 3 N–H and O–H groups in total. The zero-order chi connectivity index (χ0) is 11.7. The highest BCUT2D eigenvalue weighted by atomic mass is 16.3. The number of fused-ring (bicyclic) bond motifs is 1. The molecular formula is C14H18N2O. The van der Waals surface area contributed by atoms with Crippen LogP contribution < -0.4 is 5.32 Å². The summed E-state index contributed by atoms with van der Waals surface area (Å²) in [5.41, 5.74) is 3.30. The van der Waals surface area contributed by atoms with E-state index in [0.29, 0.717) is 0 Å². The maximum atomic E-state index is 9.27. The zero-order valence-electron chi connectivity index (χ0n) is 9.87. The molecule has 1 fully saturated rings. The third-order valence-electron chi connectivity index (χ3n) is 3.43. The van der Waals surface area contributed by atoms with Crippen LogP contribution in [-0.2, 0) is 13.2 Å². The number of aliphatic hydroxyl groups is 1. The van der Waals surface area contributed by atoms with E-state index in [2.05, 4.69) is 22.4 Å². The van der Waals surface area contributed by atoms with Gasteiger partial charge in [-0.1, -0.05) is 12.1 Å². The van der Waals surface area contributed by atoms with Gasteiger partial charge in [0.15, 0.2) is 0 Å². The molecule has 2 aromatic rings. The number of hydrogen-bond donors (Lipinski definition) is 3. The van der Waals surface area contributed by atoms with Gasteiger partial charge < -0.3 is 15.4 Å². The average Bonchev–Trinajstić information content (AvgIpc) is 3.06. The summed E-state index contributed by atoms with van der Waals surface area (Å²) in [6.07, 6.45) is 2.77. The lowest BCUT2D eigenvalue weighted by atomic mass is 10.1. The van der Waals surface area contributed by atoms with Crippen molar-refractivity contribution in [3.8, 4) is 0 Å². The fourth-order valence-corrected chi connectivity index (χ4v) is 2.24. The molecule has 1 heterocycles. The predicted octanol–water partition coefficient (Wildman–Crippen LogP) is 2.16. The van der Waals surface area contributed by atoms with Gasteiger partial charge in [0.2, 0.25) is 0 Å². The molecule has 0 saturated heterocycles. The Morgan fingerprint density at radius 2 is 2.24 bits per heavy atom. The number of benzene rings is 1. The third-order valence-corrected chi connectivity index (χ3v) is 3.43. The molecule has 0 amide bonds. The molecule has 3 nitrogen and oxygen atoms in total. The first kappa shape index (κ1) is 10.8. The van der Waals surface area contributed by atoms with Crippen molar-refractivity contribution in [2.75, 3.05) is 6.54 Å². The van der Waals surface area contributed by atoms with Gasteiger partial charge in [0, 0.05) is 23.1 Å². The molecule has 1 aromatic heterocycles. The number of rotatable bonds is 5. The van der Waals surface area contributed by atoms with E-state index < -0.39 is 0 Å². The number of nitrogens with one attached hydrogen (secondary N) is 2. The predicted molar refractivity (Wildman–Crippen MR) is 68.7 cm³/mol. The van der Waals surface area contributed by atoms with Crippen molar-refractivity contribution in [3.63, 3.8) is 0 Å². The van der Waals surface area contributed by atoms with E-state index >= 15 is 0 Å². The molecule has 0 atom stereocenters. The maximum Gasteiger partial charge on any atom is 0.0688 e. The van der Waals surface area contributed by atoms with Crippen molar-refractivity contribution in [1.82, 2.24) is 10.3 Å². The Morgan fingerprint density at radius 1 is 1.35 bits per heavy atom. The van der Waals surface area contributed by atoms with Gasteiger partial charge >= 0.3 is 0 Å². The van der Waals surface area contributed by atoms with Gasteiger partial charge in [0.05, 0.1) is 6.61 Å². The summed E-state index contributed by atoms with van der Waals surface area (Å²) in [6, 6.07) is 8.14. The van der Waals surface area contributed by atoms with Crippen molar-refractivity contribution < 1.29 is 5.11 Å². The van der Waals surface area contributed by atoms with Gasteiger partial charge in [-0.25, -0.2) is 0 Å². The minimum absolute atomic E-state index is 0.101. The summed E-state index contributed by atoms with van der Waals surface area (Å²) >= 11 is 0. The van der Waals surface area contributed by atoms with Crippen molar-refractivity contribution in [2.24, 2.45) is 5.92 Å². The maximum absolute atomic E-state index is 9.27. The normalized spacial score (nSPS) is 15.6. The fraction of sp³-hybridized carbons (Fsp3) is 0.429. The number of H-pyrrole nitrogens is 1. The molecule has 0 aliphatic heterocycles. The SMILES string of the molecule is OCc1cccc2[nH]c(CNCC3CC3)cc12. The Balaban J connectivity index is 1.75. The molecule has 3 heteroatoms. The molecule has 0 spiro atoms. The Morgan fingerprint density at radius 3 is 3.00 bits per heavy atom. The highest BCUT2D eigenvalue weighted by Crippen LogP contribution is 2.27. The summed E-state index contributed by atoms with van der Waals surface area (Å²) in [5, 5.41) is 13.9. The fourth-order valence-electron chi connectivity index (χ4n) is 2.24. The van der Waals surface area contributed by atoms with Crippen LogP contribution in [0, 0.1) is 5.92 Å². The van der Waals surface area contributed by atoms with Crippen LogP contribution in [-0.4, -0.2) is 16.6 Å². The summed E-state index contributed by atoms with van der Waals surface area (Å²) in [6.45, 7) is 2.11. The Labute approximate surface area is 101 Å². The van der Waals surface area contributed by atoms with Crippen molar-refractivity contribution in [2.45, 2.75) is 26.0 Å². The van der Waals surface area contributed by atoms with Crippen LogP contribution in [0.15, 0.2) is 24.3 Å². The Kier molecular flexibility index (Phi) is 2.87. The number of aromatic nitrogens is 1. The molecule has 1 saturated carbocycles. The van der Waals surface area contributed by atoms with E-state index in [1.807, 2.05) is 12.1 Å².